The van der Waals surface area contributed by atoms with Gasteiger partial charge >= 0.3 is 5.97 Å². The summed E-state index contributed by atoms with van der Waals surface area (Å²) in [6.45, 7) is 0. The van der Waals surface area contributed by atoms with Crippen molar-refractivity contribution in [3.05, 3.63) is 48.0 Å². The van der Waals surface area contributed by atoms with E-state index in [4.69, 9.17) is 5.11 Å². The molecule has 4 atom stereocenters. The molecule has 2 rings (SSSR count). The number of carbonyl (C=O) groups is 2. The third-order valence-electron chi connectivity index (χ3n) is 4.32. The summed E-state index contributed by atoms with van der Waals surface area (Å²) in [5.41, 5.74) is 1.03. The van der Waals surface area contributed by atoms with E-state index in [1.165, 1.54) is 23.5 Å². The largest absolute Gasteiger partial charge is 0.481 e. The van der Waals surface area contributed by atoms with E-state index < -0.39 is 18.2 Å². The molecule has 0 bridgehead atoms. The van der Waals surface area contributed by atoms with Crippen molar-refractivity contribution in [1.82, 2.24) is 0 Å². The molecule has 0 aliphatic heterocycles. The van der Waals surface area contributed by atoms with Crippen molar-refractivity contribution < 1.29 is 24.9 Å². The minimum absolute atomic E-state index is 0.0397. The van der Waals surface area contributed by atoms with Crippen LogP contribution in [0.4, 0.5) is 0 Å². The number of Topliss-reactive ketones (excluding diaryl/α,β-unsaturated/α-hetero) is 1. The minimum atomic E-state index is -0.819. The Bertz CT molecular complexity index is 635. The number of aliphatic hydroxyl groups is 2. The number of benzene rings is 1. The van der Waals surface area contributed by atoms with Crippen molar-refractivity contribution in [2.45, 2.75) is 36.7 Å². The van der Waals surface area contributed by atoms with E-state index in [1.54, 1.807) is 12.2 Å². The summed E-state index contributed by atoms with van der Waals surface area (Å²) in [5, 5.41) is 28.7. The van der Waals surface area contributed by atoms with Crippen LogP contribution < -0.4 is 0 Å². The second kappa shape index (κ2) is 11.5. The Morgan fingerprint density at radius 3 is 2.70 bits per heavy atom. The fraction of sp³-hybridized carbons (Fsp3) is 0.500. The normalized spacial score (nSPS) is 23.8. The smallest absolute Gasteiger partial charge is 0.313 e. The van der Waals surface area contributed by atoms with Crippen LogP contribution in [0.1, 0.15) is 18.4 Å². The first-order valence-corrected chi connectivity index (χ1v) is 11.2. The van der Waals surface area contributed by atoms with Gasteiger partial charge in [-0.3, -0.25) is 9.59 Å². The van der Waals surface area contributed by atoms with Crippen LogP contribution in [0.2, 0.25) is 0 Å². The van der Waals surface area contributed by atoms with Crippen molar-refractivity contribution in [2.24, 2.45) is 5.92 Å². The van der Waals surface area contributed by atoms with Gasteiger partial charge in [-0.1, -0.05) is 42.5 Å². The Balaban J connectivity index is 1.81. The van der Waals surface area contributed by atoms with Crippen LogP contribution >= 0.6 is 23.5 Å². The summed E-state index contributed by atoms with van der Waals surface area (Å²) in [6, 6.07) is 9.67. The lowest BCUT2D eigenvalue weighted by Crippen LogP contribution is -2.22. The molecule has 1 unspecified atom stereocenters. The Hall–Kier alpha value is -1.28. The highest BCUT2D eigenvalue weighted by Gasteiger charge is 2.40. The fourth-order valence-electron chi connectivity index (χ4n) is 3.02. The molecule has 0 amide bonds. The van der Waals surface area contributed by atoms with E-state index >= 15 is 0 Å². The molecule has 1 aromatic rings. The molecule has 0 radical (unpaired) electrons. The predicted octanol–water partition coefficient (Wildman–Crippen LogP) is 2.41. The zero-order valence-electron chi connectivity index (χ0n) is 15.1. The Morgan fingerprint density at radius 1 is 1.26 bits per heavy atom. The maximum absolute atomic E-state index is 12.2. The van der Waals surface area contributed by atoms with Gasteiger partial charge in [0.15, 0.2) is 0 Å². The number of rotatable bonds is 11. The van der Waals surface area contributed by atoms with Gasteiger partial charge in [-0.2, -0.15) is 11.8 Å². The molecule has 1 aliphatic rings. The van der Waals surface area contributed by atoms with E-state index in [1.807, 2.05) is 30.3 Å². The third-order valence-corrected chi connectivity index (χ3v) is 6.81. The molecule has 5 nitrogen and oxygen atoms in total. The van der Waals surface area contributed by atoms with Crippen molar-refractivity contribution in [3.63, 3.8) is 0 Å². The summed E-state index contributed by atoms with van der Waals surface area (Å²) in [5.74, 6) is 0.501. The van der Waals surface area contributed by atoms with E-state index in [-0.39, 0.29) is 29.1 Å². The molecule has 1 aromatic carbocycles. The zero-order valence-corrected chi connectivity index (χ0v) is 16.7. The topological polar surface area (TPSA) is 94.8 Å². The van der Waals surface area contributed by atoms with Gasteiger partial charge in [-0.15, -0.1) is 11.8 Å². The van der Waals surface area contributed by atoms with Crippen LogP contribution in [0.3, 0.4) is 0 Å². The zero-order chi connectivity index (χ0) is 19.6. The first-order chi connectivity index (χ1) is 13.0. The first-order valence-electron chi connectivity index (χ1n) is 8.99. The third kappa shape index (κ3) is 7.70. The lowest BCUT2D eigenvalue weighted by atomic mass is 10.0. The molecule has 1 saturated carbocycles. The Labute approximate surface area is 168 Å². The molecule has 7 heteroatoms. The number of hydrogen-bond acceptors (Lipinski definition) is 6. The maximum atomic E-state index is 12.2. The molecule has 3 N–H and O–H groups in total. The van der Waals surface area contributed by atoms with Gasteiger partial charge in [-0.25, -0.2) is 0 Å². The maximum Gasteiger partial charge on any atom is 0.313 e. The van der Waals surface area contributed by atoms with Gasteiger partial charge in [0.1, 0.15) is 5.78 Å². The van der Waals surface area contributed by atoms with E-state index in [9.17, 15) is 19.8 Å². The standard InChI is InChI=1S/C20H26O5S2/c21-15(11-14-5-2-1-3-6-14)7-8-16-17(22)12-18(23)20(16)27-10-4-9-26-13-19(24)25/h1-3,5-8,15-17,20-22H,4,9-13H2,(H,24,25)/t15?,16-,17+,20+/m0/s1. The molecule has 0 heterocycles. The van der Waals surface area contributed by atoms with Gasteiger partial charge in [0, 0.05) is 18.8 Å². The van der Waals surface area contributed by atoms with Crippen LogP contribution in [0, 0.1) is 5.92 Å². The molecule has 148 valence electrons. The monoisotopic (exact) mass is 410 g/mol. The van der Waals surface area contributed by atoms with E-state index in [2.05, 4.69) is 0 Å². The van der Waals surface area contributed by atoms with E-state index in [0.29, 0.717) is 6.42 Å². The highest BCUT2D eigenvalue weighted by molar-refractivity contribution is 8.01. The number of thioether (sulfide) groups is 2. The lowest BCUT2D eigenvalue weighted by molar-refractivity contribution is -0.133. The number of aliphatic hydroxyl groups excluding tert-OH is 2. The van der Waals surface area contributed by atoms with Crippen molar-refractivity contribution in [1.29, 1.82) is 0 Å². The number of carbonyl (C=O) groups excluding carboxylic acids is 1. The average molecular weight is 411 g/mol. The highest BCUT2D eigenvalue weighted by atomic mass is 32.2. The molecule has 0 aromatic heterocycles. The quantitative estimate of drug-likeness (QED) is 0.381. The summed E-state index contributed by atoms with van der Waals surface area (Å²) >= 11 is 2.88. The fourth-order valence-corrected chi connectivity index (χ4v) is 5.21. The van der Waals surface area contributed by atoms with Crippen LogP contribution in [-0.4, -0.2) is 61.8 Å². The molecule has 0 saturated heterocycles. The highest BCUT2D eigenvalue weighted by Crippen LogP contribution is 2.34. The Kier molecular flexibility index (Phi) is 9.41. The second-order valence-electron chi connectivity index (χ2n) is 6.55. The van der Waals surface area contributed by atoms with Gasteiger partial charge in [0.2, 0.25) is 0 Å². The molecule has 0 spiro atoms. The van der Waals surface area contributed by atoms with Crippen LogP contribution in [0.25, 0.3) is 0 Å². The van der Waals surface area contributed by atoms with Crippen LogP contribution in [-0.2, 0) is 16.0 Å². The van der Waals surface area contributed by atoms with Gasteiger partial charge in [-0.05, 0) is 23.5 Å². The average Bonchev–Trinajstić information content (AvgIpc) is 2.89. The second-order valence-corrected chi connectivity index (χ2v) is 8.90. The molecular weight excluding hydrogens is 384 g/mol. The van der Waals surface area contributed by atoms with Gasteiger partial charge in [0.25, 0.3) is 0 Å². The summed E-state index contributed by atoms with van der Waals surface area (Å²) in [4.78, 5) is 22.7. The van der Waals surface area contributed by atoms with E-state index in [0.717, 1.165) is 23.5 Å². The number of carboxylic acid groups (broad SMARTS) is 1. The molecule has 1 aliphatic carbocycles. The molecule has 1 fully saturated rings. The molecular formula is C20H26O5S2. The van der Waals surface area contributed by atoms with Crippen molar-refractivity contribution >= 4 is 35.3 Å². The number of carboxylic acids is 1. The van der Waals surface area contributed by atoms with Gasteiger partial charge in [0.05, 0.1) is 23.2 Å². The lowest BCUT2D eigenvalue weighted by Gasteiger charge is -2.17. The number of ketones is 1. The summed E-state index contributed by atoms with van der Waals surface area (Å²) < 4.78 is 0. The van der Waals surface area contributed by atoms with Crippen LogP contribution in [0.5, 0.6) is 0 Å². The number of aliphatic carboxylic acids is 1. The minimum Gasteiger partial charge on any atom is -0.481 e. The predicted molar refractivity (Wildman–Crippen MR) is 110 cm³/mol. The Morgan fingerprint density at radius 2 is 2.00 bits per heavy atom. The SMILES string of the molecule is O=C(O)CSCCCS[C@H]1C(=O)C[C@@H](O)[C@@H]1C=CC(O)Cc1ccccc1. The van der Waals surface area contributed by atoms with Gasteiger partial charge < -0.3 is 15.3 Å². The molecule has 27 heavy (non-hydrogen) atoms. The summed E-state index contributed by atoms with van der Waals surface area (Å²) in [7, 11) is 0. The van der Waals surface area contributed by atoms with Crippen molar-refractivity contribution in [2.75, 3.05) is 17.3 Å². The first kappa shape index (κ1) is 22.0. The van der Waals surface area contributed by atoms with Crippen LogP contribution in [0.15, 0.2) is 42.5 Å². The van der Waals surface area contributed by atoms with Crippen molar-refractivity contribution in [3.8, 4) is 0 Å². The summed E-state index contributed by atoms with van der Waals surface area (Å²) in [6.07, 6.45) is 3.54. The number of hydrogen-bond donors (Lipinski definition) is 3.